The lowest BCUT2D eigenvalue weighted by Gasteiger charge is -2.30. The summed E-state index contributed by atoms with van der Waals surface area (Å²) in [4.78, 5) is 42.4. The average Bonchev–Trinajstić information content (AvgIpc) is 2.90. The molecule has 3 aliphatic rings. The van der Waals surface area contributed by atoms with Crippen LogP contribution in [0.25, 0.3) is 5.57 Å². The topological polar surface area (TPSA) is 136 Å². The van der Waals surface area contributed by atoms with Gasteiger partial charge in [-0.05, 0) is 24.1 Å². The lowest BCUT2D eigenvalue weighted by atomic mass is 9.94. The predicted molar refractivity (Wildman–Crippen MR) is 124 cm³/mol. The molecule has 0 saturated heterocycles. The molecule has 1 amide bonds. The summed E-state index contributed by atoms with van der Waals surface area (Å²) in [5.74, 6) is -1.11. The Bertz CT molecular complexity index is 1370. The van der Waals surface area contributed by atoms with Gasteiger partial charge in [0.05, 0.1) is 35.7 Å². The van der Waals surface area contributed by atoms with Crippen LogP contribution in [0.15, 0.2) is 32.9 Å². The third kappa shape index (κ3) is 3.56. The van der Waals surface area contributed by atoms with E-state index in [1.165, 1.54) is 34.7 Å². The Balaban J connectivity index is 1.73. The number of nitrogens with one attached hydrogen (secondary N) is 1. The molecule has 1 aromatic carbocycles. The monoisotopic (exact) mass is 484 g/mol. The van der Waals surface area contributed by atoms with E-state index in [0.29, 0.717) is 28.3 Å². The van der Waals surface area contributed by atoms with Gasteiger partial charge in [0.25, 0.3) is 5.56 Å². The summed E-state index contributed by atoms with van der Waals surface area (Å²) in [6.45, 7) is 1.40. The number of aromatic nitrogens is 1. The van der Waals surface area contributed by atoms with Crippen LogP contribution >= 0.6 is 11.8 Å². The first kappa shape index (κ1) is 22.5. The smallest absolute Gasteiger partial charge is 0.340 e. The van der Waals surface area contributed by atoms with Crippen molar-refractivity contribution in [2.75, 3.05) is 12.3 Å². The Morgan fingerprint density at radius 3 is 2.97 bits per heavy atom. The maximum absolute atomic E-state index is 14.7. The number of hydrogen-bond donors (Lipinski definition) is 3. The normalized spacial score (nSPS) is 22.1. The number of benzene rings is 1. The molecule has 0 saturated carbocycles. The number of aliphatic hydroxyl groups excluding tert-OH is 1. The van der Waals surface area contributed by atoms with E-state index in [1.54, 1.807) is 6.92 Å². The minimum atomic E-state index is -1.57. The molecule has 0 aliphatic carbocycles. The van der Waals surface area contributed by atoms with Gasteiger partial charge in [-0.2, -0.15) is 0 Å². The molecule has 2 atom stereocenters. The first-order valence-corrected chi connectivity index (χ1v) is 11.6. The maximum Gasteiger partial charge on any atom is 0.340 e. The van der Waals surface area contributed by atoms with Gasteiger partial charge < -0.3 is 25.5 Å². The van der Waals surface area contributed by atoms with Gasteiger partial charge in [-0.3, -0.25) is 14.6 Å². The highest BCUT2D eigenvalue weighted by Crippen LogP contribution is 2.45. The number of nitrogens with two attached hydrogens (primary N) is 1. The zero-order valence-electron chi connectivity index (χ0n) is 18.1. The molecular formula is C23H21FN4O5S. The summed E-state index contributed by atoms with van der Waals surface area (Å²) in [5.41, 5.74) is 8.02. The molecule has 0 radical (unpaired) electrons. The van der Waals surface area contributed by atoms with E-state index in [9.17, 15) is 23.9 Å². The van der Waals surface area contributed by atoms with Gasteiger partial charge in [-0.15, -0.1) is 11.8 Å². The Hall–Kier alpha value is -3.28. The number of nitrogens with zero attached hydrogens (tertiary/aromatic N) is 2. The Kier molecular flexibility index (Phi) is 5.62. The summed E-state index contributed by atoms with van der Waals surface area (Å²) in [6, 6.07) is 2.44. The molecule has 0 bridgehead atoms. The molecule has 0 spiro atoms. The SMILES string of the molecule is Cc1c(F)cc2c3c1SCC(NC(=O)CN)/C3=C\Cn1c(cc3c(c1=O)COC(=O)C3O)C=N2. The van der Waals surface area contributed by atoms with E-state index in [2.05, 4.69) is 10.3 Å². The van der Waals surface area contributed by atoms with Crippen molar-refractivity contribution < 1.29 is 23.8 Å². The maximum atomic E-state index is 14.7. The van der Waals surface area contributed by atoms with Crippen molar-refractivity contribution in [3.63, 3.8) is 0 Å². The number of carbonyl (C=O) groups is 2. The van der Waals surface area contributed by atoms with Crippen LogP contribution in [0.2, 0.25) is 0 Å². The average molecular weight is 485 g/mol. The fourth-order valence-electron chi connectivity index (χ4n) is 4.41. The number of hydrogen-bond acceptors (Lipinski definition) is 8. The fourth-order valence-corrected chi connectivity index (χ4v) is 5.69. The van der Waals surface area contributed by atoms with Crippen LogP contribution in [-0.4, -0.2) is 46.1 Å². The number of fused-ring (bicyclic) bond motifs is 2. The highest BCUT2D eigenvalue weighted by Gasteiger charge is 2.33. The van der Waals surface area contributed by atoms with Crippen LogP contribution in [0, 0.1) is 12.7 Å². The van der Waals surface area contributed by atoms with Crippen molar-refractivity contribution in [2.24, 2.45) is 10.7 Å². The van der Waals surface area contributed by atoms with E-state index in [4.69, 9.17) is 10.5 Å². The number of halogens is 1. The molecule has 4 N–H and O–H groups in total. The number of esters is 1. The number of cyclic esters (lactones) is 1. The van der Waals surface area contributed by atoms with E-state index in [0.717, 1.165) is 10.5 Å². The molecule has 176 valence electrons. The number of aliphatic imine (C=N–C) groups is 1. The molecule has 9 nitrogen and oxygen atoms in total. The van der Waals surface area contributed by atoms with Gasteiger partial charge in [0.2, 0.25) is 5.91 Å². The molecule has 4 heterocycles. The molecule has 34 heavy (non-hydrogen) atoms. The summed E-state index contributed by atoms with van der Waals surface area (Å²) in [6.07, 6.45) is 1.67. The van der Waals surface area contributed by atoms with Gasteiger partial charge in [-0.25, -0.2) is 9.18 Å². The van der Waals surface area contributed by atoms with Gasteiger partial charge in [0.1, 0.15) is 12.4 Å². The number of ether oxygens (including phenoxy) is 1. The largest absolute Gasteiger partial charge is 0.458 e. The molecule has 2 aromatic rings. The standard InChI is InChI=1S/C23H21FN4O5S/c1-10-15(24)5-16-19-12(17(9-34-21(10)19)27-18(29)6-25)2-3-28-11(7-26-16)4-13-14(22(28)31)8-33-23(32)20(13)30/h2,4-5,7,17,20,30H,3,6,8-9,25H2,1H3,(H,27,29)/b12-2+,26-7?. The number of allylic oxidation sites excluding steroid dienone is 1. The number of pyridine rings is 1. The third-order valence-corrected chi connectivity index (χ3v) is 7.50. The van der Waals surface area contributed by atoms with Gasteiger partial charge in [0, 0.05) is 34.4 Å². The van der Waals surface area contributed by atoms with Gasteiger partial charge >= 0.3 is 5.97 Å². The van der Waals surface area contributed by atoms with Crippen molar-refractivity contribution in [3.05, 3.63) is 62.3 Å². The first-order valence-electron chi connectivity index (χ1n) is 10.6. The Morgan fingerprint density at radius 2 is 2.21 bits per heavy atom. The quantitative estimate of drug-likeness (QED) is 0.543. The Labute approximate surface area is 197 Å². The second-order valence-electron chi connectivity index (χ2n) is 8.19. The van der Waals surface area contributed by atoms with E-state index in [1.807, 2.05) is 6.08 Å². The van der Waals surface area contributed by atoms with E-state index in [-0.39, 0.29) is 36.7 Å². The molecule has 1 aromatic heterocycles. The van der Waals surface area contributed by atoms with Crippen LogP contribution in [0.1, 0.15) is 34.1 Å². The highest BCUT2D eigenvalue weighted by atomic mass is 32.2. The summed E-state index contributed by atoms with van der Waals surface area (Å²) < 4.78 is 21.1. The van der Waals surface area contributed by atoms with Crippen LogP contribution in [0.3, 0.4) is 0 Å². The third-order valence-electron chi connectivity index (χ3n) is 6.20. The van der Waals surface area contributed by atoms with Crippen LogP contribution in [0.5, 0.6) is 0 Å². The predicted octanol–water partition coefficient (Wildman–Crippen LogP) is 1.08. The minimum Gasteiger partial charge on any atom is -0.458 e. The highest BCUT2D eigenvalue weighted by molar-refractivity contribution is 7.99. The number of rotatable bonds is 2. The van der Waals surface area contributed by atoms with Crippen molar-refractivity contribution in [1.82, 2.24) is 9.88 Å². The number of carbonyl (C=O) groups excluding carboxylic acids is 2. The van der Waals surface area contributed by atoms with E-state index >= 15 is 0 Å². The lowest BCUT2D eigenvalue weighted by Crippen LogP contribution is -2.42. The zero-order chi connectivity index (χ0) is 24.1. The first-order chi connectivity index (χ1) is 16.3. The van der Waals surface area contributed by atoms with Crippen molar-refractivity contribution in [2.45, 2.75) is 37.1 Å². The summed E-state index contributed by atoms with van der Waals surface area (Å²) in [5, 5.41) is 13.1. The number of amides is 1. The van der Waals surface area contributed by atoms with Crippen LogP contribution in [0.4, 0.5) is 10.1 Å². The molecular weight excluding hydrogens is 463 g/mol. The Morgan fingerprint density at radius 1 is 1.41 bits per heavy atom. The summed E-state index contributed by atoms with van der Waals surface area (Å²) >= 11 is 1.42. The lowest BCUT2D eigenvalue weighted by molar-refractivity contribution is -0.157. The van der Waals surface area contributed by atoms with E-state index < -0.39 is 29.5 Å². The molecule has 2 unspecified atom stereocenters. The van der Waals surface area contributed by atoms with Gasteiger partial charge in [-0.1, -0.05) is 6.08 Å². The molecule has 3 aliphatic heterocycles. The zero-order valence-corrected chi connectivity index (χ0v) is 18.9. The second-order valence-corrected chi connectivity index (χ2v) is 9.22. The number of aliphatic hydroxyl groups is 1. The van der Waals surface area contributed by atoms with Crippen molar-refractivity contribution >= 4 is 41.1 Å². The van der Waals surface area contributed by atoms with Crippen molar-refractivity contribution in [3.8, 4) is 0 Å². The number of thioether (sulfide) groups is 1. The minimum absolute atomic E-state index is 0.127. The molecule has 11 heteroatoms. The molecule has 5 rings (SSSR count). The fraction of sp³-hybridized carbons (Fsp3) is 0.304. The van der Waals surface area contributed by atoms with Crippen LogP contribution < -0.4 is 16.6 Å². The van der Waals surface area contributed by atoms with Gasteiger partial charge in [0.15, 0.2) is 6.10 Å². The van der Waals surface area contributed by atoms with Crippen LogP contribution in [-0.2, 0) is 27.5 Å². The summed E-state index contributed by atoms with van der Waals surface area (Å²) in [7, 11) is 0. The second kappa shape index (κ2) is 8.49. The van der Waals surface area contributed by atoms with Crippen molar-refractivity contribution in [1.29, 1.82) is 0 Å². The molecule has 0 fully saturated rings.